The van der Waals surface area contributed by atoms with Crippen molar-refractivity contribution in [2.45, 2.75) is 6.92 Å². The van der Waals surface area contributed by atoms with Crippen LogP contribution in [0.15, 0.2) is 54.2 Å². The lowest BCUT2D eigenvalue weighted by Gasteiger charge is -2.08. The molecular weight excluding hydrogens is 382 g/mol. The van der Waals surface area contributed by atoms with Crippen molar-refractivity contribution in [2.24, 2.45) is 0 Å². The Kier molecular flexibility index (Phi) is 7.43. The Labute approximate surface area is 167 Å². The molecule has 2 aromatic carbocycles. The van der Waals surface area contributed by atoms with E-state index >= 15 is 0 Å². The molecule has 0 unspecified atom stereocenters. The molecule has 2 aromatic rings. The molecule has 0 bridgehead atoms. The van der Waals surface area contributed by atoms with Crippen LogP contribution in [0.5, 0.6) is 5.75 Å². The molecule has 2 N–H and O–H groups in total. The number of carbonyl (C=O) groups is 2. The minimum Gasteiger partial charge on any atom is -0.495 e. The molecule has 0 saturated heterocycles. The summed E-state index contributed by atoms with van der Waals surface area (Å²) < 4.78 is 9.96. The summed E-state index contributed by atoms with van der Waals surface area (Å²) in [6.45, 7) is 2.02. The van der Waals surface area contributed by atoms with Gasteiger partial charge in [-0.2, -0.15) is 5.26 Å². The van der Waals surface area contributed by atoms with Crippen LogP contribution in [0.1, 0.15) is 17.3 Å². The van der Waals surface area contributed by atoms with Gasteiger partial charge in [-0.15, -0.1) is 0 Å². The average Bonchev–Trinajstić information content (AvgIpc) is 2.69. The van der Waals surface area contributed by atoms with Gasteiger partial charge in [0.05, 0.1) is 24.3 Å². The van der Waals surface area contributed by atoms with Crippen LogP contribution in [0.3, 0.4) is 0 Å². The second-order valence-electron chi connectivity index (χ2n) is 5.42. The fraction of sp³-hybridized carbons (Fsp3) is 0.150. The maximum atomic E-state index is 12.3. The molecule has 0 aromatic heterocycles. The molecule has 0 aliphatic heterocycles. The smallest absolute Gasteiger partial charge is 0.338 e. The molecule has 1 amide bonds. The van der Waals surface area contributed by atoms with Crippen molar-refractivity contribution >= 4 is 34.9 Å². The molecule has 0 aliphatic rings. The lowest BCUT2D eigenvalue weighted by Crippen LogP contribution is -2.14. The highest BCUT2D eigenvalue weighted by Crippen LogP contribution is 2.27. The summed E-state index contributed by atoms with van der Waals surface area (Å²) in [7, 11) is 1.49. The van der Waals surface area contributed by atoms with Gasteiger partial charge in [-0.25, -0.2) is 4.79 Å². The molecule has 144 valence electrons. The zero-order valence-electron chi connectivity index (χ0n) is 15.3. The van der Waals surface area contributed by atoms with Crippen molar-refractivity contribution in [3.63, 3.8) is 0 Å². The highest BCUT2D eigenvalue weighted by Gasteiger charge is 2.11. The van der Waals surface area contributed by atoms with Crippen molar-refractivity contribution < 1.29 is 19.1 Å². The Bertz CT molecular complexity index is 933. The monoisotopic (exact) mass is 399 g/mol. The number of hydrogen-bond acceptors (Lipinski definition) is 6. The Morgan fingerprint density at radius 3 is 2.43 bits per heavy atom. The van der Waals surface area contributed by atoms with Gasteiger partial charge in [-0.3, -0.25) is 4.79 Å². The minimum absolute atomic E-state index is 0.138. The Morgan fingerprint density at radius 2 is 1.86 bits per heavy atom. The number of rotatable bonds is 7. The maximum absolute atomic E-state index is 12.3. The van der Waals surface area contributed by atoms with Gasteiger partial charge in [-0.1, -0.05) is 11.6 Å². The number of halogens is 1. The molecular formula is C20H18ClN3O4. The Morgan fingerprint density at radius 1 is 1.18 bits per heavy atom. The molecule has 0 heterocycles. The third-order valence-corrected chi connectivity index (χ3v) is 3.85. The van der Waals surface area contributed by atoms with Gasteiger partial charge in [0.15, 0.2) is 0 Å². The molecule has 0 fully saturated rings. The summed E-state index contributed by atoms with van der Waals surface area (Å²) in [6.07, 6.45) is 1.28. The fourth-order valence-electron chi connectivity index (χ4n) is 2.16. The van der Waals surface area contributed by atoms with E-state index in [1.807, 2.05) is 6.07 Å². The highest BCUT2D eigenvalue weighted by atomic mass is 35.5. The van der Waals surface area contributed by atoms with Gasteiger partial charge < -0.3 is 20.1 Å². The van der Waals surface area contributed by atoms with Crippen LogP contribution in [-0.4, -0.2) is 25.6 Å². The van der Waals surface area contributed by atoms with Gasteiger partial charge in [-0.05, 0) is 49.4 Å². The van der Waals surface area contributed by atoms with E-state index in [0.717, 1.165) is 0 Å². The second-order valence-corrected chi connectivity index (χ2v) is 5.82. The zero-order chi connectivity index (χ0) is 20.5. The standard InChI is InChI=1S/C20H18ClN3O4/c1-3-28-20(26)13-4-6-15(7-5-13)23-12-14(11-22)19(25)24-16-8-9-18(27-2)17(21)10-16/h4-10,12,23H,3H2,1-2H3,(H,24,25)/b14-12-. The van der Waals surface area contributed by atoms with Crippen LogP contribution < -0.4 is 15.4 Å². The number of amides is 1. The van der Waals surface area contributed by atoms with Crippen molar-refractivity contribution in [3.8, 4) is 11.8 Å². The third kappa shape index (κ3) is 5.50. The molecule has 28 heavy (non-hydrogen) atoms. The molecule has 0 radical (unpaired) electrons. The van der Waals surface area contributed by atoms with Crippen molar-refractivity contribution in [2.75, 3.05) is 24.4 Å². The topological polar surface area (TPSA) is 100 Å². The molecule has 0 atom stereocenters. The summed E-state index contributed by atoms with van der Waals surface area (Å²) in [6, 6.07) is 13.0. The SMILES string of the molecule is CCOC(=O)c1ccc(N/C=C(/C#N)C(=O)Nc2ccc(OC)c(Cl)c2)cc1. The summed E-state index contributed by atoms with van der Waals surface area (Å²) in [5.74, 6) is -0.539. The first-order chi connectivity index (χ1) is 13.5. The summed E-state index contributed by atoms with van der Waals surface area (Å²) in [4.78, 5) is 23.9. The first kappa shape index (κ1) is 20.8. The number of methoxy groups -OCH3 is 1. The van der Waals surface area contributed by atoms with E-state index in [0.29, 0.717) is 34.3 Å². The molecule has 8 heteroatoms. The summed E-state index contributed by atoms with van der Waals surface area (Å²) >= 11 is 6.02. The van der Waals surface area contributed by atoms with Crippen molar-refractivity contribution in [1.82, 2.24) is 0 Å². The number of benzene rings is 2. The van der Waals surface area contributed by atoms with Crippen molar-refractivity contribution in [3.05, 3.63) is 64.8 Å². The molecule has 7 nitrogen and oxygen atoms in total. The Hall–Kier alpha value is -3.50. The van der Waals surface area contributed by atoms with Crippen LogP contribution >= 0.6 is 11.6 Å². The quantitative estimate of drug-likeness (QED) is 0.415. The van der Waals surface area contributed by atoms with E-state index in [1.54, 1.807) is 43.3 Å². The van der Waals surface area contributed by atoms with Crippen LogP contribution in [-0.2, 0) is 9.53 Å². The lowest BCUT2D eigenvalue weighted by molar-refractivity contribution is -0.112. The summed E-state index contributed by atoms with van der Waals surface area (Å²) in [5, 5.41) is 15.0. The van der Waals surface area contributed by atoms with E-state index in [4.69, 9.17) is 21.1 Å². The van der Waals surface area contributed by atoms with Crippen LogP contribution in [0, 0.1) is 11.3 Å². The summed E-state index contributed by atoms with van der Waals surface area (Å²) in [5.41, 5.74) is 1.30. The number of hydrogen-bond donors (Lipinski definition) is 2. The fourth-order valence-corrected chi connectivity index (χ4v) is 2.42. The maximum Gasteiger partial charge on any atom is 0.338 e. The Balaban J connectivity index is 2.05. The molecule has 0 spiro atoms. The van der Waals surface area contributed by atoms with Crippen LogP contribution in [0.4, 0.5) is 11.4 Å². The van der Waals surface area contributed by atoms with Crippen LogP contribution in [0.2, 0.25) is 5.02 Å². The number of carbonyl (C=O) groups excluding carboxylic acids is 2. The zero-order valence-corrected chi connectivity index (χ0v) is 16.0. The predicted molar refractivity (Wildman–Crippen MR) is 106 cm³/mol. The van der Waals surface area contributed by atoms with E-state index in [1.165, 1.54) is 19.4 Å². The first-order valence-corrected chi connectivity index (χ1v) is 8.65. The predicted octanol–water partition coefficient (Wildman–Crippen LogP) is 3.98. The average molecular weight is 400 g/mol. The van der Waals surface area contributed by atoms with Gasteiger partial charge in [0.25, 0.3) is 5.91 Å². The van der Waals surface area contributed by atoms with Crippen molar-refractivity contribution in [1.29, 1.82) is 5.26 Å². The van der Waals surface area contributed by atoms with Gasteiger partial charge >= 0.3 is 5.97 Å². The lowest BCUT2D eigenvalue weighted by atomic mass is 10.2. The second kappa shape index (κ2) is 10.00. The number of anilines is 2. The third-order valence-electron chi connectivity index (χ3n) is 3.55. The van der Waals surface area contributed by atoms with E-state index in [2.05, 4.69) is 10.6 Å². The van der Waals surface area contributed by atoms with E-state index < -0.39 is 11.9 Å². The highest BCUT2D eigenvalue weighted by molar-refractivity contribution is 6.32. The largest absolute Gasteiger partial charge is 0.495 e. The van der Waals surface area contributed by atoms with Gasteiger partial charge in [0.1, 0.15) is 17.4 Å². The van der Waals surface area contributed by atoms with E-state index in [9.17, 15) is 14.9 Å². The number of ether oxygens (including phenoxy) is 2. The van der Waals surface area contributed by atoms with E-state index in [-0.39, 0.29) is 5.57 Å². The first-order valence-electron chi connectivity index (χ1n) is 8.27. The van der Waals surface area contributed by atoms with Gasteiger partial charge in [0.2, 0.25) is 0 Å². The van der Waals surface area contributed by atoms with Gasteiger partial charge in [0, 0.05) is 17.6 Å². The van der Waals surface area contributed by atoms with Crippen LogP contribution in [0.25, 0.3) is 0 Å². The number of esters is 1. The molecule has 0 aliphatic carbocycles. The number of nitrogens with zero attached hydrogens (tertiary/aromatic N) is 1. The molecule has 2 rings (SSSR count). The minimum atomic E-state index is -0.598. The normalized spacial score (nSPS) is 10.6. The number of nitriles is 1. The number of nitrogens with one attached hydrogen (secondary N) is 2. The molecule has 0 saturated carbocycles.